The van der Waals surface area contributed by atoms with Crippen LogP contribution in [0.3, 0.4) is 0 Å². The SMILES string of the molecule is O=C1C(=Cc2ccccc2)CCCCC1=Cc1ccco1. The Morgan fingerprint density at radius 2 is 1.57 bits per heavy atom. The molecule has 3 rings (SSSR count). The normalized spacial score (nSPS) is 19.9. The molecule has 1 aliphatic rings. The average molecular weight is 278 g/mol. The number of ketones is 1. The lowest BCUT2D eigenvalue weighted by atomic mass is 9.99. The van der Waals surface area contributed by atoms with Crippen molar-refractivity contribution in [1.82, 2.24) is 0 Å². The van der Waals surface area contributed by atoms with E-state index in [-0.39, 0.29) is 5.78 Å². The topological polar surface area (TPSA) is 30.2 Å². The molecule has 0 bridgehead atoms. The Hall–Kier alpha value is -2.35. The van der Waals surface area contributed by atoms with Crippen LogP contribution >= 0.6 is 0 Å². The van der Waals surface area contributed by atoms with E-state index >= 15 is 0 Å². The van der Waals surface area contributed by atoms with Crippen LogP contribution in [0.15, 0.2) is 64.3 Å². The molecule has 1 aliphatic carbocycles. The molecule has 0 spiro atoms. The zero-order valence-electron chi connectivity index (χ0n) is 11.9. The maximum absolute atomic E-state index is 12.7. The second-order valence-electron chi connectivity index (χ2n) is 5.30. The van der Waals surface area contributed by atoms with E-state index in [4.69, 9.17) is 4.42 Å². The van der Waals surface area contributed by atoms with Crippen molar-refractivity contribution < 1.29 is 9.21 Å². The zero-order chi connectivity index (χ0) is 14.5. The molecule has 0 saturated heterocycles. The van der Waals surface area contributed by atoms with Crippen LogP contribution in [-0.2, 0) is 4.79 Å². The maximum atomic E-state index is 12.7. The number of furan rings is 1. The van der Waals surface area contributed by atoms with Gasteiger partial charge in [-0.3, -0.25) is 4.79 Å². The predicted octanol–water partition coefficient (Wildman–Crippen LogP) is 4.89. The van der Waals surface area contributed by atoms with Gasteiger partial charge in [0.2, 0.25) is 0 Å². The van der Waals surface area contributed by atoms with Gasteiger partial charge in [-0.05, 0) is 55.5 Å². The van der Waals surface area contributed by atoms with Crippen LogP contribution in [0.2, 0.25) is 0 Å². The predicted molar refractivity (Wildman–Crippen MR) is 84.6 cm³/mol. The summed E-state index contributed by atoms with van der Waals surface area (Å²) < 4.78 is 5.33. The van der Waals surface area contributed by atoms with Gasteiger partial charge >= 0.3 is 0 Å². The first kappa shape index (κ1) is 13.6. The molecule has 0 amide bonds. The van der Waals surface area contributed by atoms with Crippen LogP contribution < -0.4 is 0 Å². The second-order valence-corrected chi connectivity index (χ2v) is 5.30. The van der Waals surface area contributed by atoms with E-state index in [2.05, 4.69) is 0 Å². The number of benzene rings is 1. The highest BCUT2D eigenvalue weighted by atomic mass is 16.3. The fraction of sp³-hybridized carbons (Fsp3) is 0.211. The molecule has 1 aromatic heterocycles. The van der Waals surface area contributed by atoms with Gasteiger partial charge in [0.25, 0.3) is 0 Å². The molecular weight excluding hydrogens is 260 g/mol. The van der Waals surface area contributed by atoms with Gasteiger partial charge in [0.1, 0.15) is 5.76 Å². The van der Waals surface area contributed by atoms with E-state index < -0.39 is 0 Å². The number of carbonyl (C=O) groups is 1. The molecule has 21 heavy (non-hydrogen) atoms. The summed E-state index contributed by atoms with van der Waals surface area (Å²) in [6.07, 6.45) is 9.31. The van der Waals surface area contributed by atoms with Gasteiger partial charge in [-0.25, -0.2) is 0 Å². The van der Waals surface area contributed by atoms with Crippen molar-refractivity contribution in [3.05, 3.63) is 71.2 Å². The molecule has 2 aromatic rings. The molecule has 1 fully saturated rings. The van der Waals surface area contributed by atoms with E-state index in [0.717, 1.165) is 48.2 Å². The first-order chi connectivity index (χ1) is 10.3. The highest BCUT2D eigenvalue weighted by Crippen LogP contribution is 2.27. The molecule has 1 aromatic carbocycles. The van der Waals surface area contributed by atoms with Crippen molar-refractivity contribution in [2.24, 2.45) is 0 Å². The smallest absolute Gasteiger partial charge is 0.185 e. The molecule has 1 saturated carbocycles. The summed E-state index contributed by atoms with van der Waals surface area (Å²) in [5.41, 5.74) is 2.83. The highest BCUT2D eigenvalue weighted by molar-refractivity contribution is 6.13. The van der Waals surface area contributed by atoms with Gasteiger partial charge < -0.3 is 4.42 Å². The maximum Gasteiger partial charge on any atom is 0.185 e. The van der Waals surface area contributed by atoms with Crippen LogP contribution in [0, 0.1) is 0 Å². The summed E-state index contributed by atoms with van der Waals surface area (Å²) in [7, 11) is 0. The van der Waals surface area contributed by atoms with Crippen LogP contribution in [0.5, 0.6) is 0 Å². The summed E-state index contributed by atoms with van der Waals surface area (Å²) in [4.78, 5) is 12.7. The third kappa shape index (κ3) is 3.40. The summed E-state index contributed by atoms with van der Waals surface area (Å²) in [5, 5.41) is 0. The van der Waals surface area contributed by atoms with Crippen molar-refractivity contribution in [1.29, 1.82) is 0 Å². The Balaban J connectivity index is 1.91. The molecule has 106 valence electrons. The van der Waals surface area contributed by atoms with Gasteiger partial charge in [-0.15, -0.1) is 0 Å². The molecule has 1 heterocycles. The number of allylic oxidation sites excluding steroid dienone is 2. The van der Waals surface area contributed by atoms with Crippen molar-refractivity contribution in [3.63, 3.8) is 0 Å². The quantitative estimate of drug-likeness (QED) is 0.578. The molecule has 2 heteroatoms. The minimum Gasteiger partial charge on any atom is -0.465 e. The van der Waals surface area contributed by atoms with Gasteiger partial charge in [-0.1, -0.05) is 30.3 Å². The minimum absolute atomic E-state index is 0.160. The van der Waals surface area contributed by atoms with E-state index in [1.54, 1.807) is 6.26 Å². The first-order valence-electron chi connectivity index (χ1n) is 7.37. The second kappa shape index (κ2) is 6.40. The Morgan fingerprint density at radius 1 is 0.857 bits per heavy atom. The third-order valence-corrected chi connectivity index (χ3v) is 3.73. The number of hydrogen-bond acceptors (Lipinski definition) is 2. The summed E-state index contributed by atoms with van der Waals surface area (Å²) in [6, 6.07) is 13.8. The fourth-order valence-corrected chi connectivity index (χ4v) is 2.64. The molecule has 2 nitrogen and oxygen atoms in total. The van der Waals surface area contributed by atoms with E-state index in [9.17, 15) is 4.79 Å². The van der Waals surface area contributed by atoms with Crippen molar-refractivity contribution >= 4 is 17.9 Å². The Kier molecular flexibility index (Phi) is 4.15. The zero-order valence-corrected chi connectivity index (χ0v) is 11.9. The van der Waals surface area contributed by atoms with Crippen molar-refractivity contribution in [3.8, 4) is 0 Å². The Bertz CT molecular complexity index is 661. The van der Waals surface area contributed by atoms with E-state index in [1.807, 2.05) is 54.6 Å². The molecule has 0 N–H and O–H groups in total. The monoisotopic (exact) mass is 278 g/mol. The molecular formula is C19H18O2. The first-order valence-corrected chi connectivity index (χ1v) is 7.37. The average Bonchev–Trinajstić information content (AvgIpc) is 2.96. The third-order valence-electron chi connectivity index (χ3n) is 3.73. The number of carbonyl (C=O) groups excluding carboxylic acids is 1. The largest absolute Gasteiger partial charge is 0.465 e. The Labute approximate surface area is 124 Å². The lowest BCUT2D eigenvalue weighted by molar-refractivity contribution is -0.112. The summed E-state index contributed by atoms with van der Waals surface area (Å²) >= 11 is 0. The van der Waals surface area contributed by atoms with Crippen LogP contribution in [0.1, 0.15) is 37.0 Å². The Morgan fingerprint density at radius 3 is 2.24 bits per heavy atom. The highest BCUT2D eigenvalue weighted by Gasteiger charge is 2.19. The van der Waals surface area contributed by atoms with Gasteiger partial charge in [0, 0.05) is 11.1 Å². The van der Waals surface area contributed by atoms with Crippen LogP contribution in [0.25, 0.3) is 12.2 Å². The van der Waals surface area contributed by atoms with Crippen LogP contribution in [-0.4, -0.2) is 5.78 Å². The molecule has 0 atom stereocenters. The molecule has 0 aliphatic heterocycles. The fourth-order valence-electron chi connectivity index (χ4n) is 2.64. The standard InChI is InChI=1S/C19H18O2/c20-19-16(13-15-7-2-1-3-8-15)9-4-5-10-17(19)14-18-11-6-12-21-18/h1-3,6-8,11-14H,4-5,9-10H2. The van der Waals surface area contributed by atoms with Gasteiger partial charge in [0.15, 0.2) is 5.78 Å². The number of Topliss-reactive ketones (excluding diaryl/α,β-unsaturated/α-hetero) is 1. The van der Waals surface area contributed by atoms with Crippen LogP contribution in [0.4, 0.5) is 0 Å². The number of hydrogen-bond donors (Lipinski definition) is 0. The molecule has 0 unspecified atom stereocenters. The van der Waals surface area contributed by atoms with Crippen molar-refractivity contribution in [2.75, 3.05) is 0 Å². The number of rotatable bonds is 2. The summed E-state index contributed by atoms with van der Waals surface area (Å²) in [6.45, 7) is 0. The molecule has 0 radical (unpaired) electrons. The van der Waals surface area contributed by atoms with Crippen molar-refractivity contribution in [2.45, 2.75) is 25.7 Å². The van der Waals surface area contributed by atoms with E-state index in [1.165, 1.54) is 0 Å². The van der Waals surface area contributed by atoms with Gasteiger partial charge in [0.05, 0.1) is 6.26 Å². The lowest BCUT2D eigenvalue weighted by Crippen LogP contribution is -2.03. The minimum atomic E-state index is 0.160. The summed E-state index contributed by atoms with van der Waals surface area (Å²) in [5.74, 6) is 0.909. The van der Waals surface area contributed by atoms with Gasteiger partial charge in [-0.2, -0.15) is 0 Å². The lowest BCUT2D eigenvalue weighted by Gasteiger charge is -2.04. The van der Waals surface area contributed by atoms with E-state index in [0.29, 0.717) is 0 Å².